The smallest absolute Gasteiger partial charge is 0.408 e. The first-order chi connectivity index (χ1) is 19.8. The molecule has 2 saturated carbocycles. The third-order valence-electron chi connectivity index (χ3n) is 7.93. The van der Waals surface area contributed by atoms with Gasteiger partial charge in [0, 0.05) is 17.2 Å². The van der Waals surface area contributed by atoms with Crippen molar-refractivity contribution in [1.82, 2.24) is 25.6 Å². The number of amides is 6. The van der Waals surface area contributed by atoms with Crippen LogP contribution in [0.2, 0.25) is 0 Å². The Morgan fingerprint density at radius 1 is 1.16 bits per heavy atom. The average molecular weight is 643 g/mol. The molecule has 0 bridgehead atoms. The molecule has 3 fully saturated rings. The number of fused-ring (bicyclic) bond motifs is 2. The molecule has 0 aromatic heterocycles. The van der Waals surface area contributed by atoms with E-state index in [0.29, 0.717) is 25.0 Å². The number of hydrogen-bond donors (Lipinski definition) is 5. The van der Waals surface area contributed by atoms with Crippen molar-refractivity contribution in [2.24, 2.45) is 11.7 Å². The Balaban J connectivity index is 1.67. The minimum atomic E-state index is -3.88. The molecule has 2 aliphatic heterocycles. The first kappa shape index (κ1) is 32.9. The number of hydrogen-bond acceptors (Lipinski definition) is 9. The molecule has 6 N–H and O–H groups in total. The van der Waals surface area contributed by atoms with Crippen molar-refractivity contribution in [2.75, 3.05) is 12.3 Å². The summed E-state index contributed by atoms with van der Waals surface area (Å²) in [5, 5.41) is 7.37. The van der Waals surface area contributed by atoms with Crippen molar-refractivity contribution in [1.29, 1.82) is 0 Å². The lowest BCUT2D eigenvalue weighted by atomic mass is 10.0. The van der Waals surface area contributed by atoms with Gasteiger partial charge in [-0.05, 0) is 72.5 Å². The maximum atomic E-state index is 14.2. The number of carbonyl (C=O) groups is 5. The van der Waals surface area contributed by atoms with E-state index in [4.69, 9.17) is 10.5 Å². The molecule has 1 saturated heterocycles. The lowest BCUT2D eigenvalue weighted by molar-refractivity contribution is -0.141. The Morgan fingerprint density at radius 3 is 2.44 bits per heavy atom. The van der Waals surface area contributed by atoms with Gasteiger partial charge in [0.15, 0.2) is 0 Å². The number of carbonyl (C=O) groups excluding carboxylic acids is 5. The van der Waals surface area contributed by atoms with Gasteiger partial charge in [0.05, 0.1) is 11.3 Å². The Bertz CT molecular complexity index is 1310. The fourth-order valence-electron chi connectivity index (χ4n) is 5.46. The fourth-order valence-corrected chi connectivity index (χ4v) is 7.93. The van der Waals surface area contributed by atoms with Crippen LogP contribution in [0, 0.1) is 5.92 Å². The van der Waals surface area contributed by atoms with Crippen molar-refractivity contribution >= 4 is 51.6 Å². The zero-order valence-corrected chi connectivity index (χ0v) is 26.7. The minimum absolute atomic E-state index is 0.00812. The summed E-state index contributed by atoms with van der Waals surface area (Å²) in [6, 6.07) is -3.79. The number of alkyl carbamates (subject to hydrolysis) is 1. The van der Waals surface area contributed by atoms with Gasteiger partial charge in [-0.2, -0.15) is 11.8 Å². The predicted molar refractivity (Wildman–Crippen MR) is 159 cm³/mol. The molecule has 240 valence electrons. The summed E-state index contributed by atoms with van der Waals surface area (Å²) in [7, 11) is -3.88. The summed E-state index contributed by atoms with van der Waals surface area (Å²) in [6.07, 6.45) is 4.52. The Morgan fingerprint density at radius 2 is 1.84 bits per heavy atom. The van der Waals surface area contributed by atoms with Gasteiger partial charge in [-0.25, -0.2) is 18.0 Å². The van der Waals surface area contributed by atoms with E-state index in [9.17, 15) is 32.4 Å². The average Bonchev–Trinajstić information content (AvgIpc) is 3.77. The number of thioether (sulfide) groups is 1. The van der Waals surface area contributed by atoms with E-state index in [-0.39, 0.29) is 19.4 Å². The summed E-state index contributed by atoms with van der Waals surface area (Å²) in [5.41, 5.74) is 3.01. The number of nitrogens with two attached hydrogens (primary N) is 1. The standard InChI is InChI=1S/C27H42N6O8S2/c1-25(2,3)41-24(38)30-19-21(35)33-14-16(29-23(28)37)12-18(33)20(34)31-27(22(36)32-43(39,40)17-9-10-17)13-15(27)8-6-7-11-42-26(19,4)5/h6,8,15-19H,7,9-14H2,1-5H3,(H,30,38)(H,31,34)(H,32,36)(H3,28,29,37)/t15-,16-,18+,19-,27-/m1/s1. The van der Waals surface area contributed by atoms with Crippen molar-refractivity contribution < 1.29 is 37.1 Å². The summed E-state index contributed by atoms with van der Waals surface area (Å²) in [4.78, 5) is 67.3. The first-order valence-electron chi connectivity index (χ1n) is 14.4. The van der Waals surface area contributed by atoms with Gasteiger partial charge in [0.25, 0.3) is 5.91 Å². The zero-order valence-electron chi connectivity index (χ0n) is 25.1. The van der Waals surface area contributed by atoms with Crippen molar-refractivity contribution in [3.63, 3.8) is 0 Å². The monoisotopic (exact) mass is 642 g/mol. The second-order valence-electron chi connectivity index (χ2n) is 13.1. The normalized spacial score (nSPS) is 31.0. The number of allylic oxidation sites excluding steroid dienone is 1. The van der Waals surface area contributed by atoms with E-state index in [1.54, 1.807) is 26.8 Å². The molecular weight excluding hydrogens is 600 g/mol. The first-order valence-corrected chi connectivity index (χ1v) is 16.9. The number of nitrogens with zero attached hydrogens (tertiary/aromatic N) is 1. The number of urea groups is 1. The number of sulfonamides is 1. The molecule has 5 atom stereocenters. The molecule has 16 heteroatoms. The third-order valence-corrected chi connectivity index (χ3v) is 11.2. The third kappa shape index (κ3) is 7.75. The topological polar surface area (TPSA) is 206 Å². The highest BCUT2D eigenvalue weighted by atomic mass is 32.2. The largest absolute Gasteiger partial charge is 0.444 e. The van der Waals surface area contributed by atoms with Gasteiger partial charge >= 0.3 is 12.1 Å². The van der Waals surface area contributed by atoms with Gasteiger partial charge in [-0.3, -0.25) is 19.1 Å². The molecule has 0 aromatic rings. The van der Waals surface area contributed by atoms with Gasteiger partial charge in [0.2, 0.25) is 21.8 Å². The van der Waals surface area contributed by atoms with E-state index in [1.165, 1.54) is 16.7 Å². The molecule has 2 aliphatic carbocycles. The van der Waals surface area contributed by atoms with Crippen LogP contribution in [-0.2, 0) is 29.1 Å². The zero-order chi connectivity index (χ0) is 32.0. The summed E-state index contributed by atoms with van der Waals surface area (Å²) in [5.74, 6) is -1.97. The molecule has 0 unspecified atom stereocenters. The number of nitrogens with one attached hydrogen (secondary N) is 4. The van der Waals surface area contributed by atoms with Gasteiger partial charge in [-0.15, -0.1) is 0 Å². The molecule has 0 radical (unpaired) electrons. The van der Waals surface area contributed by atoms with E-state index in [2.05, 4.69) is 20.7 Å². The summed E-state index contributed by atoms with van der Waals surface area (Å²) in [6.45, 7) is 8.64. The van der Waals surface area contributed by atoms with Crippen LogP contribution in [0.1, 0.15) is 66.7 Å². The van der Waals surface area contributed by atoms with Crippen LogP contribution < -0.4 is 26.4 Å². The van der Waals surface area contributed by atoms with Crippen LogP contribution in [0.25, 0.3) is 0 Å². The van der Waals surface area contributed by atoms with Crippen molar-refractivity contribution in [3.8, 4) is 0 Å². The molecule has 4 rings (SSSR count). The van der Waals surface area contributed by atoms with Crippen LogP contribution in [0.15, 0.2) is 12.2 Å². The fraction of sp³-hybridized carbons (Fsp3) is 0.741. The Hall–Kier alpha value is -3.01. The van der Waals surface area contributed by atoms with Crippen molar-refractivity contribution in [3.05, 3.63) is 12.2 Å². The van der Waals surface area contributed by atoms with Crippen LogP contribution in [-0.4, -0.2) is 94.7 Å². The number of rotatable bonds is 5. The van der Waals surface area contributed by atoms with Crippen LogP contribution in [0.3, 0.4) is 0 Å². The lowest BCUT2D eigenvalue weighted by Gasteiger charge is -2.37. The second kappa shape index (κ2) is 11.8. The molecule has 14 nitrogen and oxygen atoms in total. The molecule has 0 spiro atoms. The second-order valence-corrected chi connectivity index (χ2v) is 16.9. The van der Waals surface area contributed by atoms with Crippen LogP contribution in [0.5, 0.6) is 0 Å². The Labute approximate surface area is 256 Å². The van der Waals surface area contributed by atoms with E-state index in [0.717, 1.165) is 0 Å². The van der Waals surface area contributed by atoms with Gasteiger partial charge in [-0.1, -0.05) is 12.2 Å². The summed E-state index contributed by atoms with van der Waals surface area (Å²) >= 11 is 1.44. The lowest BCUT2D eigenvalue weighted by Crippen LogP contribution is -2.61. The van der Waals surface area contributed by atoms with Crippen LogP contribution in [0.4, 0.5) is 9.59 Å². The maximum absolute atomic E-state index is 14.2. The summed E-state index contributed by atoms with van der Waals surface area (Å²) < 4.78 is 31.9. The highest BCUT2D eigenvalue weighted by molar-refractivity contribution is 8.00. The molecule has 4 aliphatic rings. The predicted octanol–water partition coefficient (Wildman–Crippen LogP) is 0.473. The molecule has 6 amide bonds. The molecular formula is C27H42N6O8S2. The Kier molecular flexibility index (Phi) is 9.04. The van der Waals surface area contributed by atoms with E-state index >= 15 is 0 Å². The maximum Gasteiger partial charge on any atom is 0.408 e. The van der Waals surface area contributed by atoms with E-state index < -0.39 is 85.0 Å². The quantitative estimate of drug-likeness (QED) is 0.264. The molecule has 0 aromatic carbocycles. The number of primary amides is 1. The van der Waals surface area contributed by atoms with Crippen LogP contribution >= 0.6 is 11.8 Å². The SMILES string of the molecule is CC(C)(C)OC(=O)N[C@@H]1C(=O)N2C[C@H](NC(N)=O)C[C@H]2C(=O)N[C@]2(C(=O)NS(=O)(=O)C3CC3)C[C@H]2C=CCCSC1(C)C. The molecule has 43 heavy (non-hydrogen) atoms. The van der Waals surface area contributed by atoms with Gasteiger partial charge < -0.3 is 31.3 Å². The highest BCUT2D eigenvalue weighted by Crippen LogP contribution is 2.46. The van der Waals surface area contributed by atoms with Gasteiger partial charge in [0.1, 0.15) is 23.2 Å². The molecule has 2 heterocycles. The number of ether oxygens (including phenoxy) is 1. The minimum Gasteiger partial charge on any atom is -0.444 e. The van der Waals surface area contributed by atoms with E-state index in [1.807, 2.05) is 19.9 Å². The van der Waals surface area contributed by atoms with Crippen molar-refractivity contribution in [2.45, 2.75) is 106 Å². The highest BCUT2D eigenvalue weighted by Gasteiger charge is 2.62.